The first-order chi connectivity index (χ1) is 16.3. The molecule has 3 rings (SSSR count). The Morgan fingerprint density at radius 1 is 0.941 bits per heavy atom. The fourth-order valence-corrected chi connectivity index (χ4v) is 2.85. The van der Waals surface area contributed by atoms with Crippen LogP contribution in [0.1, 0.15) is 30.5 Å². The van der Waals surface area contributed by atoms with Crippen LogP contribution in [0.4, 0.5) is 5.69 Å². The first-order valence-electron chi connectivity index (χ1n) is 10.6. The third-order valence-corrected chi connectivity index (χ3v) is 4.59. The number of benzene rings is 3. The number of hydrogen-bond acceptors (Lipinski definition) is 5. The van der Waals surface area contributed by atoms with Gasteiger partial charge in [-0.2, -0.15) is 0 Å². The lowest BCUT2D eigenvalue weighted by molar-refractivity contribution is -0.136. The quantitative estimate of drug-likeness (QED) is 0.249. The monoisotopic (exact) mass is 460 g/mol. The molecular weight excluding hydrogens is 432 g/mol. The molecule has 0 aliphatic rings. The van der Waals surface area contributed by atoms with Crippen LogP contribution in [0.2, 0.25) is 0 Å². The van der Waals surface area contributed by atoms with E-state index in [1.54, 1.807) is 37.4 Å². The van der Waals surface area contributed by atoms with Crippen molar-refractivity contribution in [2.75, 3.05) is 12.3 Å². The summed E-state index contributed by atoms with van der Waals surface area (Å²) in [5, 5.41) is 17.7. The fourth-order valence-electron chi connectivity index (χ4n) is 2.85. The van der Waals surface area contributed by atoms with Gasteiger partial charge in [0.2, 0.25) is 0 Å². The summed E-state index contributed by atoms with van der Waals surface area (Å²) in [7, 11) is 0. The van der Waals surface area contributed by atoms with Crippen LogP contribution in [-0.2, 0) is 16.0 Å². The van der Waals surface area contributed by atoms with Gasteiger partial charge in [0.25, 0.3) is 0 Å². The number of ether oxygens (including phenoxy) is 1. The molecule has 0 aromatic heterocycles. The Kier molecular flexibility index (Phi) is 10.1. The maximum absolute atomic E-state index is 11.3. The number of carbonyl (C=O) groups is 2. The summed E-state index contributed by atoms with van der Waals surface area (Å²) in [6.45, 7) is 4.05. The largest absolute Gasteiger partial charge is 0.494 e. The van der Waals surface area contributed by atoms with Crippen molar-refractivity contribution in [2.24, 2.45) is 4.99 Å². The van der Waals surface area contributed by atoms with Crippen molar-refractivity contribution in [3.8, 4) is 5.75 Å². The minimum absolute atomic E-state index is 0.0558. The summed E-state index contributed by atoms with van der Waals surface area (Å²) in [4.78, 5) is 26.0. The van der Waals surface area contributed by atoms with Gasteiger partial charge in [-0.25, -0.2) is 4.79 Å². The highest BCUT2D eigenvalue weighted by Crippen LogP contribution is 2.23. The lowest BCUT2D eigenvalue weighted by atomic mass is 10.1. The van der Waals surface area contributed by atoms with Crippen LogP contribution in [0.5, 0.6) is 5.75 Å². The standard InChI is InChI=1S/C19H19NO3.C8H9NO2/c1-3-23-17-11-9-16(10-12-17)18(14(2)19(21)22)20-13-15-7-5-4-6-8-15;9-7-3-1-6(2-4-7)5-8(10)11/h4-13H,3H2,1-2H3,(H,21,22);1-4H,5,9H2,(H,10,11). The Bertz CT molecular complexity index is 1140. The summed E-state index contributed by atoms with van der Waals surface area (Å²) in [5.74, 6) is -1.07. The van der Waals surface area contributed by atoms with E-state index in [0.29, 0.717) is 18.0 Å². The molecule has 0 unspecified atom stereocenters. The molecule has 7 heteroatoms. The molecule has 3 aromatic rings. The second-order valence-corrected chi connectivity index (χ2v) is 7.22. The number of nitrogens with two attached hydrogens (primary N) is 1. The topological polar surface area (TPSA) is 122 Å². The van der Waals surface area contributed by atoms with Crippen LogP contribution in [-0.4, -0.2) is 35.0 Å². The van der Waals surface area contributed by atoms with Crippen molar-refractivity contribution in [3.63, 3.8) is 0 Å². The molecule has 4 N–H and O–H groups in total. The molecule has 3 aromatic carbocycles. The SMILES string of the molecule is CCOc1ccc(C(N=Cc2ccccc2)=C(C)C(=O)O)cc1.Nc1ccc(CC(=O)O)cc1. The number of rotatable bonds is 8. The van der Waals surface area contributed by atoms with Crippen molar-refractivity contribution in [2.45, 2.75) is 20.3 Å². The van der Waals surface area contributed by atoms with Crippen molar-refractivity contribution in [1.29, 1.82) is 0 Å². The molecule has 34 heavy (non-hydrogen) atoms. The molecule has 0 saturated carbocycles. The van der Waals surface area contributed by atoms with Gasteiger partial charge in [-0.3, -0.25) is 9.79 Å². The average molecular weight is 461 g/mol. The van der Waals surface area contributed by atoms with Gasteiger partial charge >= 0.3 is 11.9 Å². The summed E-state index contributed by atoms with van der Waals surface area (Å²) >= 11 is 0. The Hall–Kier alpha value is -4.39. The zero-order chi connectivity index (χ0) is 24.9. The molecule has 0 heterocycles. The van der Waals surface area contributed by atoms with Crippen LogP contribution in [0.15, 0.2) is 89.4 Å². The first-order valence-corrected chi connectivity index (χ1v) is 10.6. The van der Waals surface area contributed by atoms with Crippen molar-refractivity contribution >= 4 is 29.5 Å². The summed E-state index contributed by atoms with van der Waals surface area (Å²) in [6, 6.07) is 23.6. The van der Waals surface area contributed by atoms with Gasteiger partial charge in [-0.1, -0.05) is 42.5 Å². The van der Waals surface area contributed by atoms with Gasteiger partial charge < -0.3 is 20.7 Å². The molecule has 0 fully saturated rings. The highest BCUT2D eigenvalue weighted by Gasteiger charge is 2.11. The molecule has 0 saturated heterocycles. The molecule has 0 spiro atoms. The summed E-state index contributed by atoms with van der Waals surface area (Å²) in [5.41, 5.74) is 9.11. The van der Waals surface area contributed by atoms with E-state index in [9.17, 15) is 14.7 Å². The number of carboxylic acids is 2. The third kappa shape index (κ3) is 8.63. The second-order valence-electron chi connectivity index (χ2n) is 7.22. The third-order valence-electron chi connectivity index (χ3n) is 4.59. The highest BCUT2D eigenvalue weighted by molar-refractivity contribution is 5.98. The Morgan fingerprint density at radius 2 is 1.56 bits per heavy atom. The van der Waals surface area contributed by atoms with Gasteiger partial charge in [-0.15, -0.1) is 0 Å². The lowest BCUT2D eigenvalue weighted by Gasteiger charge is -2.07. The normalized spacial score (nSPS) is 11.2. The zero-order valence-corrected chi connectivity index (χ0v) is 19.1. The molecular formula is C27H28N2O5. The van der Waals surface area contributed by atoms with E-state index in [1.807, 2.05) is 61.5 Å². The predicted octanol–water partition coefficient (Wildman–Crippen LogP) is 4.92. The van der Waals surface area contributed by atoms with Gasteiger partial charge in [0.05, 0.1) is 24.3 Å². The minimum Gasteiger partial charge on any atom is -0.494 e. The summed E-state index contributed by atoms with van der Waals surface area (Å²) in [6.07, 6.45) is 1.72. The van der Waals surface area contributed by atoms with Crippen molar-refractivity contribution < 1.29 is 24.5 Å². The van der Waals surface area contributed by atoms with Gasteiger partial charge in [-0.05, 0) is 61.4 Å². The molecule has 0 amide bonds. The Morgan fingerprint density at radius 3 is 2.09 bits per heavy atom. The van der Waals surface area contributed by atoms with E-state index in [4.69, 9.17) is 15.6 Å². The number of nitrogens with zero attached hydrogens (tertiary/aromatic N) is 1. The smallest absolute Gasteiger partial charge is 0.333 e. The van der Waals surface area contributed by atoms with Gasteiger partial charge in [0.1, 0.15) is 5.75 Å². The van der Waals surface area contributed by atoms with E-state index in [-0.39, 0.29) is 12.0 Å². The number of nitrogen functional groups attached to an aromatic ring is 1. The lowest BCUT2D eigenvalue weighted by Crippen LogP contribution is -2.00. The van der Waals surface area contributed by atoms with E-state index < -0.39 is 11.9 Å². The number of aliphatic imine (C=N–C) groups is 1. The maximum atomic E-state index is 11.3. The molecule has 176 valence electrons. The van der Waals surface area contributed by atoms with Crippen LogP contribution in [0, 0.1) is 0 Å². The van der Waals surface area contributed by atoms with Crippen LogP contribution in [0.25, 0.3) is 5.70 Å². The van der Waals surface area contributed by atoms with E-state index in [2.05, 4.69) is 4.99 Å². The number of hydrogen-bond donors (Lipinski definition) is 3. The number of anilines is 1. The number of carboxylic acid groups (broad SMARTS) is 2. The second kappa shape index (κ2) is 13.2. The van der Waals surface area contributed by atoms with Crippen LogP contribution < -0.4 is 10.5 Å². The van der Waals surface area contributed by atoms with E-state index in [1.165, 1.54) is 0 Å². The van der Waals surface area contributed by atoms with Crippen molar-refractivity contribution in [3.05, 3.63) is 101 Å². The molecule has 7 nitrogen and oxygen atoms in total. The molecule has 0 bridgehead atoms. The predicted molar refractivity (Wildman–Crippen MR) is 134 cm³/mol. The Balaban J connectivity index is 0.000000310. The zero-order valence-electron chi connectivity index (χ0n) is 19.1. The molecule has 0 radical (unpaired) electrons. The van der Waals surface area contributed by atoms with Gasteiger partial charge in [0, 0.05) is 17.5 Å². The average Bonchev–Trinajstić information content (AvgIpc) is 2.82. The van der Waals surface area contributed by atoms with Crippen LogP contribution in [0.3, 0.4) is 0 Å². The van der Waals surface area contributed by atoms with E-state index >= 15 is 0 Å². The summed E-state index contributed by atoms with van der Waals surface area (Å²) < 4.78 is 5.41. The molecule has 0 aliphatic heterocycles. The van der Waals surface area contributed by atoms with Crippen LogP contribution >= 0.6 is 0 Å². The van der Waals surface area contributed by atoms with E-state index in [0.717, 1.165) is 22.4 Å². The minimum atomic E-state index is -0.987. The Labute approximate surface area is 198 Å². The number of aliphatic carboxylic acids is 2. The first kappa shape index (κ1) is 25.9. The van der Waals surface area contributed by atoms with Crippen molar-refractivity contribution in [1.82, 2.24) is 0 Å². The van der Waals surface area contributed by atoms with Gasteiger partial charge in [0.15, 0.2) is 0 Å². The molecule has 0 aliphatic carbocycles. The fraction of sp³-hybridized carbons (Fsp3) is 0.148. The highest BCUT2D eigenvalue weighted by atomic mass is 16.5. The molecule has 0 atom stereocenters. The maximum Gasteiger partial charge on any atom is 0.333 e.